The molecule has 0 aromatic heterocycles. The van der Waals surface area contributed by atoms with Crippen molar-refractivity contribution in [3.8, 4) is 11.5 Å². The summed E-state index contributed by atoms with van der Waals surface area (Å²) in [6, 6.07) is 7.31. The number of sulfonamides is 1. The molecular formula is C15H13F2NO4S. The van der Waals surface area contributed by atoms with Crippen molar-refractivity contribution in [2.24, 2.45) is 0 Å². The summed E-state index contributed by atoms with van der Waals surface area (Å²) in [4.78, 5) is 0.0152. The largest absolute Gasteiger partial charge is 0.454 e. The highest BCUT2D eigenvalue weighted by Crippen LogP contribution is 2.33. The molecule has 0 bridgehead atoms. The number of hydrogen-bond donors (Lipinski definition) is 1. The molecule has 0 fully saturated rings. The molecule has 8 heteroatoms. The molecule has 122 valence electrons. The summed E-state index contributed by atoms with van der Waals surface area (Å²) < 4.78 is 63.5. The molecule has 0 unspecified atom stereocenters. The second kappa shape index (κ2) is 6.13. The van der Waals surface area contributed by atoms with E-state index < -0.39 is 21.7 Å². The number of nitrogens with one attached hydrogen (secondary N) is 1. The van der Waals surface area contributed by atoms with E-state index >= 15 is 0 Å². The van der Waals surface area contributed by atoms with Crippen LogP contribution in [0.15, 0.2) is 41.3 Å². The van der Waals surface area contributed by atoms with E-state index in [4.69, 9.17) is 9.47 Å². The lowest BCUT2D eigenvalue weighted by Gasteiger charge is -2.08. The van der Waals surface area contributed by atoms with Gasteiger partial charge in [0.15, 0.2) is 11.5 Å². The molecule has 1 heterocycles. The lowest BCUT2D eigenvalue weighted by atomic mass is 10.1. The van der Waals surface area contributed by atoms with Crippen LogP contribution >= 0.6 is 0 Å². The maximum absolute atomic E-state index is 13.5. The topological polar surface area (TPSA) is 64.6 Å². The lowest BCUT2D eigenvalue weighted by Crippen LogP contribution is -2.26. The fourth-order valence-electron chi connectivity index (χ4n) is 2.18. The molecule has 2 aromatic rings. The number of fused-ring (bicyclic) bond motifs is 1. The Morgan fingerprint density at radius 2 is 1.83 bits per heavy atom. The maximum Gasteiger partial charge on any atom is 0.240 e. The smallest absolute Gasteiger partial charge is 0.240 e. The second-order valence-corrected chi connectivity index (χ2v) is 6.67. The zero-order valence-electron chi connectivity index (χ0n) is 11.9. The van der Waals surface area contributed by atoms with Crippen LogP contribution in [0.25, 0.3) is 0 Å². The Morgan fingerprint density at radius 3 is 2.65 bits per heavy atom. The van der Waals surface area contributed by atoms with Crippen molar-refractivity contribution in [3.05, 3.63) is 53.6 Å². The molecule has 1 aliphatic rings. The van der Waals surface area contributed by atoms with Crippen molar-refractivity contribution in [1.82, 2.24) is 4.72 Å². The molecule has 0 aliphatic carbocycles. The molecule has 23 heavy (non-hydrogen) atoms. The average molecular weight is 341 g/mol. The summed E-state index contributed by atoms with van der Waals surface area (Å²) in [5.41, 5.74) is 0.110. The quantitative estimate of drug-likeness (QED) is 0.906. The summed E-state index contributed by atoms with van der Waals surface area (Å²) in [6.45, 7) is -0.0116. The van der Waals surface area contributed by atoms with Gasteiger partial charge in [-0.1, -0.05) is 0 Å². The normalized spacial score (nSPS) is 13.3. The van der Waals surface area contributed by atoms with Gasteiger partial charge in [0, 0.05) is 12.6 Å². The van der Waals surface area contributed by atoms with Crippen LogP contribution in [-0.4, -0.2) is 21.8 Å². The molecule has 0 radical (unpaired) electrons. The van der Waals surface area contributed by atoms with E-state index in [1.807, 2.05) is 0 Å². The van der Waals surface area contributed by atoms with Crippen molar-refractivity contribution in [2.45, 2.75) is 11.3 Å². The Hall–Kier alpha value is -2.19. The first-order valence-electron chi connectivity index (χ1n) is 6.79. The van der Waals surface area contributed by atoms with Crippen LogP contribution < -0.4 is 14.2 Å². The van der Waals surface area contributed by atoms with E-state index in [1.165, 1.54) is 18.2 Å². The molecule has 5 nitrogen and oxygen atoms in total. The second-order valence-electron chi connectivity index (χ2n) is 4.90. The summed E-state index contributed by atoms with van der Waals surface area (Å²) in [6.07, 6.45) is 0.0351. The molecule has 1 N–H and O–H groups in total. The fourth-order valence-corrected chi connectivity index (χ4v) is 3.23. The molecular weight excluding hydrogens is 328 g/mol. The lowest BCUT2D eigenvalue weighted by molar-refractivity contribution is 0.174. The van der Waals surface area contributed by atoms with Crippen LogP contribution in [0, 0.1) is 11.6 Å². The molecule has 3 rings (SSSR count). The van der Waals surface area contributed by atoms with Gasteiger partial charge in [0.2, 0.25) is 16.8 Å². The van der Waals surface area contributed by atoms with Gasteiger partial charge in [0.05, 0.1) is 4.90 Å². The zero-order chi connectivity index (χ0) is 16.4. The highest BCUT2D eigenvalue weighted by atomic mass is 32.2. The number of benzene rings is 2. The van der Waals surface area contributed by atoms with Crippen molar-refractivity contribution < 1.29 is 26.7 Å². The molecule has 2 aromatic carbocycles. The Kier molecular flexibility index (Phi) is 4.18. The number of rotatable bonds is 5. The van der Waals surface area contributed by atoms with E-state index in [0.29, 0.717) is 11.5 Å². The maximum atomic E-state index is 13.5. The van der Waals surface area contributed by atoms with Gasteiger partial charge in [0.1, 0.15) is 11.6 Å². The molecule has 0 saturated carbocycles. The summed E-state index contributed by atoms with van der Waals surface area (Å²) >= 11 is 0. The predicted molar refractivity (Wildman–Crippen MR) is 77.8 cm³/mol. The first-order chi connectivity index (χ1) is 11.0. The summed E-state index contributed by atoms with van der Waals surface area (Å²) in [7, 11) is -3.78. The van der Waals surface area contributed by atoms with Gasteiger partial charge >= 0.3 is 0 Å². The molecule has 0 spiro atoms. The molecule has 0 saturated heterocycles. The van der Waals surface area contributed by atoms with Crippen LogP contribution in [0.4, 0.5) is 8.78 Å². The van der Waals surface area contributed by atoms with Crippen molar-refractivity contribution in [3.63, 3.8) is 0 Å². The summed E-state index contributed by atoms with van der Waals surface area (Å²) in [5, 5.41) is 0. The first kappa shape index (κ1) is 15.7. The first-order valence-corrected chi connectivity index (χ1v) is 8.27. The van der Waals surface area contributed by atoms with Crippen LogP contribution in [-0.2, 0) is 16.4 Å². The molecule has 1 aliphatic heterocycles. The summed E-state index contributed by atoms with van der Waals surface area (Å²) in [5.74, 6) is -0.316. The Morgan fingerprint density at radius 1 is 1.04 bits per heavy atom. The Bertz CT molecular complexity index is 839. The highest BCUT2D eigenvalue weighted by molar-refractivity contribution is 7.89. The third kappa shape index (κ3) is 3.43. The van der Waals surface area contributed by atoms with Crippen LogP contribution in [0.5, 0.6) is 11.5 Å². The van der Waals surface area contributed by atoms with Gasteiger partial charge in [-0.15, -0.1) is 0 Å². The van der Waals surface area contributed by atoms with E-state index in [9.17, 15) is 17.2 Å². The van der Waals surface area contributed by atoms with Gasteiger partial charge < -0.3 is 9.47 Å². The van der Waals surface area contributed by atoms with Crippen molar-refractivity contribution in [1.29, 1.82) is 0 Å². The van der Waals surface area contributed by atoms with Gasteiger partial charge in [-0.2, -0.15) is 0 Å². The van der Waals surface area contributed by atoms with E-state index in [1.54, 1.807) is 0 Å². The van der Waals surface area contributed by atoms with Crippen molar-refractivity contribution in [2.75, 3.05) is 13.3 Å². The average Bonchev–Trinajstić information content (AvgIpc) is 2.98. The van der Waals surface area contributed by atoms with E-state index in [-0.39, 0.29) is 30.2 Å². The predicted octanol–water partition coefficient (Wildman–Crippen LogP) is 2.21. The highest BCUT2D eigenvalue weighted by Gasteiger charge is 2.20. The van der Waals surface area contributed by atoms with Crippen LogP contribution in [0.2, 0.25) is 0 Å². The standard InChI is InChI=1S/C15H13F2NO4S/c16-11-1-3-13(17)10(7-11)5-6-18-23(19,20)12-2-4-14-15(8-12)22-9-21-14/h1-4,7-8,18H,5-6,9H2. The zero-order valence-corrected chi connectivity index (χ0v) is 12.7. The minimum absolute atomic E-state index is 0.0152. The van der Waals surface area contributed by atoms with Gasteiger partial charge in [0.25, 0.3) is 0 Å². The minimum Gasteiger partial charge on any atom is -0.454 e. The van der Waals surface area contributed by atoms with Gasteiger partial charge in [-0.25, -0.2) is 21.9 Å². The number of halogens is 2. The van der Waals surface area contributed by atoms with Gasteiger partial charge in [-0.05, 0) is 42.3 Å². The monoisotopic (exact) mass is 341 g/mol. The third-order valence-corrected chi connectivity index (χ3v) is 4.81. The number of ether oxygens (including phenoxy) is 2. The number of hydrogen-bond acceptors (Lipinski definition) is 4. The van der Waals surface area contributed by atoms with Gasteiger partial charge in [-0.3, -0.25) is 0 Å². The van der Waals surface area contributed by atoms with Crippen molar-refractivity contribution >= 4 is 10.0 Å². The minimum atomic E-state index is -3.78. The SMILES string of the molecule is O=S(=O)(NCCc1cc(F)ccc1F)c1ccc2c(c1)OCO2. The third-order valence-electron chi connectivity index (χ3n) is 3.35. The fraction of sp³-hybridized carbons (Fsp3) is 0.200. The van der Waals surface area contributed by atoms with Crippen LogP contribution in [0.3, 0.4) is 0 Å². The Balaban J connectivity index is 1.68. The van der Waals surface area contributed by atoms with E-state index in [2.05, 4.69) is 4.72 Å². The Labute approximate surface area is 131 Å². The van der Waals surface area contributed by atoms with Crippen LogP contribution in [0.1, 0.15) is 5.56 Å². The molecule has 0 atom stereocenters. The van der Waals surface area contributed by atoms with E-state index in [0.717, 1.165) is 18.2 Å². The molecule has 0 amide bonds.